The van der Waals surface area contributed by atoms with Crippen molar-refractivity contribution in [2.45, 2.75) is 0 Å². The first-order valence-corrected chi connectivity index (χ1v) is 6.09. The van der Waals surface area contributed by atoms with Crippen LogP contribution in [0.15, 0.2) is 58.8 Å². The van der Waals surface area contributed by atoms with Gasteiger partial charge in [0.15, 0.2) is 0 Å². The molecule has 0 amide bonds. The van der Waals surface area contributed by atoms with Crippen LogP contribution in [0.3, 0.4) is 0 Å². The first-order valence-electron chi connectivity index (χ1n) is 6.09. The van der Waals surface area contributed by atoms with Gasteiger partial charge >= 0.3 is 5.97 Å². The van der Waals surface area contributed by atoms with E-state index in [4.69, 9.17) is 0 Å². The molecule has 0 bridgehead atoms. The van der Waals surface area contributed by atoms with E-state index >= 15 is 0 Å². The Morgan fingerprint density at radius 2 is 1.75 bits per heavy atom. The fourth-order valence-electron chi connectivity index (χ4n) is 1.67. The molecule has 0 atom stereocenters. The predicted octanol–water partition coefficient (Wildman–Crippen LogP) is 3.87. The number of benzene rings is 2. The molecule has 20 heavy (non-hydrogen) atoms. The Morgan fingerprint density at radius 1 is 1.05 bits per heavy atom. The second-order valence-corrected chi connectivity index (χ2v) is 4.44. The van der Waals surface area contributed by atoms with Crippen molar-refractivity contribution in [1.82, 2.24) is 0 Å². The van der Waals surface area contributed by atoms with Gasteiger partial charge in [0, 0.05) is 19.8 Å². The number of carboxylic acid groups (broad SMARTS) is 1. The molecule has 0 aliphatic rings. The Morgan fingerprint density at radius 3 is 2.35 bits per heavy atom. The topological polar surface area (TPSA) is 65.3 Å². The minimum atomic E-state index is -1.02. The summed E-state index contributed by atoms with van der Waals surface area (Å²) < 4.78 is 0. The van der Waals surface area contributed by atoms with Gasteiger partial charge in [-0.25, -0.2) is 4.79 Å². The van der Waals surface area contributed by atoms with Crippen molar-refractivity contribution in [2.24, 2.45) is 10.2 Å². The molecular formula is C15H15N3O2. The van der Waals surface area contributed by atoms with Crippen molar-refractivity contribution in [1.29, 1.82) is 0 Å². The molecule has 0 fully saturated rings. The molecule has 0 aliphatic carbocycles. The van der Waals surface area contributed by atoms with Gasteiger partial charge in [-0.05, 0) is 30.3 Å². The average molecular weight is 269 g/mol. The summed E-state index contributed by atoms with van der Waals surface area (Å²) in [4.78, 5) is 13.1. The Hall–Kier alpha value is -2.69. The fourth-order valence-corrected chi connectivity index (χ4v) is 1.67. The number of hydrogen-bond donors (Lipinski definition) is 1. The lowest BCUT2D eigenvalue weighted by Gasteiger charge is -2.13. The van der Waals surface area contributed by atoms with Crippen LogP contribution < -0.4 is 4.90 Å². The van der Waals surface area contributed by atoms with E-state index in [0.29, 0.717) is 11.4 Å². The molecule has 2 aromatic rings. The quantitative estimate of drug-likeness (QED) is 0.857. The molecule has 0 radical (unpaired) electrons. The zero-order valence-electron chi connectivity index (χ0n) is 11.3. The summed E-state index contributed by atoms with van der Waals surface area (Å²) in [5.41, 5.74) is 1.96. The van der Waals surface area contributed by atoms with E-state index in [-0.39, 0.29) is 5.56 Å². The van der Waals surface area contributed by atoms with Gasteiger partial charge in [-0.3, -0.25) is 0 Å². The van der Waals surface area contributed by atoms with E-state index in [1.165, 1.54) is 0 Å². The van der Waals surface area contributed by atoms with Crippen LogP contribution >= 0.6 is 0 Å². The second kappa shape index (κ2) is 5.97. The minimum Gasteiger partial charge on any atom is -0.478 e. The maximum Gasteiger partial charge on any atom is 0.338 e. The summed E-state index contributed by atoms with van der Waals surface area (Å²) in [6.07, 6.45) is 0. The van der Waals surface area contributed by atoms with E-state index in [0.717, 1.165) is 5.69 Å². The number of nitrogens with zero attached hydrogens (tertiary/aromatic N) is 3. The van der Waals surface area contributed by atoms with Crippen LogP contribution in [-0.2, 0) is 0 Å². The monoisotopic (exact) mass is 269 g/mol. The Bertz CT molecular complexity index is 637. The summed E-state index contributed by atoms with van der Waals surface area (Å²) in [6.45, 7) is 0. The second-order valence-electron chi connectivity index (χ2n) is 4.44. The first kappa shape index (κ1) is 13.7. The lowest BCUT2D eigenvalue weighted by atomic mass is 10.1. The number of carbonyl (C=O) groups is 1. The van der Waals surface area contributed by atoms with E-state index in [2.05, 4.69) is 10.2 Å². The molecule has 0 heterocycles. The van der Waals surface area contributed by atoms with Crippen molar-refractivity contribution in [3.8, 4) is 0 Å². The van der Waals surface area contributed by atoms with Gasteiger partial charge in [0.2, 0.25) is 0 Å². The van der Waals surface area contributed by atoms with E-state index < -0.39 is 5.97 Å². The summed E-state index contributed by atoms with van der Waals surface area (Å²) in [5, 5.41) is 17.3. The molecule has 0 unspecified atom stereocenters. The molecule has 0 saturated carbocycles. The summed E-state index contributed by atoms with van der Waals surface area (Å²) >= 11 is 0. The maximum absolute atomic E-state index is 11.3. The minimum absolute atomic E-state index is 0.135. The van der Waals surface area contributed by atoms with Gasteiger partial charge in [-0.1, -0.05) is 18.2 Å². The van der Waals surface area contributed by atoms with Crippen LogP contribution in [0.2, 0.25) is 0 Å². The molecule has 2 rings (SSSR count). The molecule has 0 saturated heterocycles. The third kappa shape index (κ3) is 3.20. The Kier molecular flexibility index (Phi) is 4.10. The van der Waals surface area contributed by atoms with Crippen LogP contribution in [0, 0.1) is 0 Å². The molecule has 0 aromatic heterocycles. The number of anilines is 1. The van der Waals surface area contributed by atoms with Crippen LogP contribution in [0.5, 0.6) is 0 Å². The Labute approximate surface area is 117 Å². The van der Waals surface area contributed by atoms with Crippen molar-refractivity contribution in [3.63, 3.8) is 0 Å². The molecule has 0 aliphatic heterocycles. The first-order chi connectivity index (χ1) is 9.58. The zero-order chi connectivity index (χ0) is 14.5. The number of rotatable bonds is 4. The summed E-state index contributed by atoms with van der Waals surface area (Å²) in [5.74, 6) is -1.02. The highest BCUT2D eigenvalue weighted by Gasteiger charge is 2.11. The number of hydrogen-bond acceptors (Lipinski definition) is 4. The van der Waals surface area contributed by atoms with Crippen molar-refractivity contribution < 1.29 is 9.90 Å². The highest BCUT2D eigenvalue weighted by atomic mass is 16.4. The molecule has 0 spiro atoms. The van der Waals surface area contributed by atoms with Crippen LogP contribution in [-0.4, -0.2) is 25.2 Å². The lowest BCUT2D eigenvalue weighted by molar-refractivity contribution is 0.0698. The van der Waals surface area contributed by atoms with Crippen LogP contribution in [0.25, 0.3) is 0 Å². The highest BCUT2D eigenvalue weighted by Crippen LogP contribution is 2.26. The smallest absolute Gasteiger partial charge is 0.338 e. The molecule has 102 valence electrons. The average Bonchev–Trinajstić information content (AvgIpc) is 2.45. The highest BCUT2D eigenvalue weighted by molar-refractivity contribution is 5.94. The van der Waals surface area contributed by atoms with Gasteiger partial charge in [0.05, 0.1) is 11.3 Å². The number of aromatic carboxylic acids is 1. The lowest BCUT2D eigenvalue weighted by Crippen LogP contribution is -2.09. The maximum atomic E-state index is 11.3. The van der Waals surface area contributed by atoms with Gasteiger partial charge in [0.25, 0.3) is 0 Å². The largest absolute Gasteiger partial charge is 0.478 e. The predicted molar refractivity (Wildman–Crippen MR) is 78.3 cm³/mol. The zero-order valence-corrected chi connectivity index (χ0v) is 11.3. The van der Waals surface area contributed by atoms with Gasteiger partial charge < -0.3 is 10.0 Å². The van der Waals surface area contributed by atoms with Crippen molar-refractivity contribution in [3.05, 3.63) is 54.1 Å². The molecular weight excluding hydrogens is 254 g/mol. The Balaban J connectivity index is 2.36. The van der Waals surface area contributed by atoms with Crippen molar-refractivity contribution in [2.75, 3.05) is 19.0 Å². The summed E-state index contributed by atoms with van der Waals surface area (Å²) in [7, 11) is 3.71. The standard InChI is InChI=1S/C15H15N3O2/c1-18(2)12-8-9-14(13(10-12)15(19)20)17-16-11-6-4-3-5-7-11/h3-10H,1-2H3,(H,19,20)/b17-16+. The molecule has 1 N–H and O–H groups in total. The van der Waals surface area contributed by atoms with Gasteiger partial charge in [-0.2, -0.15) is 5.11 Å². The van der Waals surface area contributed by atoms with E-state index in [1.54, 1.807) is 24.3 Å². The third-order valence-electron chi connectivity index (χ3n) is 2.76. The summed E-state index contributed by atoms with van der Waals surface area (Å²) in [6, 6.07) is 14.2. The van der Waals surface area contributed by atoms with E-state index in [9.17, 15) is 9.90 Å². The van der Waals surface area contributed by atoms with Gasteiger partial charge in [-0.15, -0.1) is 5.11 Å². The SMILES string of the molecule is CN(C)c1ccc(/N=N/c2ccccc2)c(C(=O)O)c1. The van der Waals surface area contributed by atoms with Crippen LogP contribution in [0.1, 0.15) is 10.4 Å². The normalized spacial score (nSPS) is 10.7. The molecule has 5 heteroatoms. The van der Waals surface area contributed by atoms with Gasteiger partial charge in [0.1, 0.15) is 5.69 Å². The third-order valence-corrected chi connectivity index (χ3v) is 2.76. The van der Waals surface area contributed by atoms with Crippen LogP contribution in [0.4, 0.5) is 17.1 Å². The van der Waals surface area contributed by atoms with E-state index in [1.807, 2.05) is 43.3 Å². The number of azo groups is 1. The fraction of sp³-hybridized carbons (Fsp3) is 0.133. The molecule has 2 aromatic carbocycles. The number of carboxylic acids is 1. The molecule has 5 nitrogen and oxygen atoms in total. The van der Waals surface area contributed by atoms with Crippen molar-refractivity contribution >= 4 is 23.0 Å².